The Kier molecular flexibility index (Phi) is 9.87. The van der Waals surface area contributed by atoms with Crippen molar-refractivity contribution in [3.8, 4) is 17.2 Å². The number of hydrogen-bond donors (Lipinski definition) is 2. The topological polar surface area (TPSA) is 68.8 Å². The summed E-state index contributed by atoms with van der Waals surface area (Å²) in [5, 5.41) is 6.32. The quantitative estimate of drug-likeness (QED) is 0.427. The van der Waals surface area contributed by atoms with Crippen LogP contribution < -0.4 is 24.8 Å². The van der Waals surface area contributed by atoms with Crippen LogP contribution in [-0.4, -0.2) is 31.8 Å². The van der Waals surface area contributed by atoms with Gasteiger partial charge in [0.1, 0.15) is 5.75 Å². The third kappa shape index (κ3) is 7.55. The molecule has 9 heteroatoms. The van der Waals surface area contributed by atoms with Crippen molar-refractivity contribution >= 4 is 50.8 Å². The van der Waals surface area contributed by atoms with Gasteiger partial charge < -0.3 is 19.5 Å². The number of halogens is 2. The summed E-state index contributed by atoms with van der Waals surface area (Å²) in [7, 11) is 3.09. The van der Waals surface area contributed by atoms with Crippen molar-refractivity contribution in [2.75, 3.05) is 20.8 Å². The minimum atomic E-state index is -0.328. The average molecular weight is 530 g/mol. The van der Waals surface area contributed by atoms with Gasteiger partial charge in [-0.05, 0) is 70.3 Å². The van der Waals surface area contributed by atoms with Crippen LogP contribution in [0.15, 0.2) is 34.8 Å². The Hall–Kier alpha value is -2.03. The van der Waals surface area contributed by atoms with Crippen LogP contribution in [-0.2, 0) is 6.54 Å². The Morgan fingerprint density at radius 1 is 1.13 bits per heavy atom. The number of hydrogen-bond acceptors (Lipinski definition) is 5. The number of nitrogens with one attached hydrogen (secondary N) is 2. The van der Waals surface area contributed by atoms with E-state index in [9.17, 15) is 4.79 Å². The number of ether oxygens (including phenoxy) is 3. The van der Waals surface area contributed by atoms with Crippen LogP contribution in [0.25, 0.3) is 0 Å². The largest absolute Gasteiger partial charge is 0.493 e. The van der Waals surface area contributed by atoms with Crippen LogP contribution in [0.3, 0.4) is 0 Å². The molecule has 168 valence electrons. The molecule has 0 atom stereocenters. The van der Waals surface area contributed by atoms with E-state index in [1.807, 2.05) is 0 Å². The van der Waals surface area contributed by atoms with Crippen molar-refractivity contribution in [1.82, 2.24) is 10.6 Å². The van der Waals surface area contributed by atoms with Crippen molar-refractivity contribution in [3.05, 3.63) is 51.0 Å². The van der Waals surface area contributed by atoms with Crippen molar-refractivity contribution in [1.29, 1.82) is 0 Å². The van der Waals surface area contributed by atoms with Crippen molar-refractivity contribution < 1.29 is 19.0 Å². The number of carbonyl (C=O) groups is 1. The van der Waals surface area contributed by atoms with Crippen LogP contribution in [0.1, 0.15) is 36.2 Å². The zero-order chi connectivity index (χ0) is 23.0. The molecule has 0 heterocycles. The third-order valence-electron chi connectivity index (χ3n) is 4.37. The fourth-order valence-corrected chi connectivity index (χ4v) is 3.47. The van der Waals surface area contributed by atoms with E-state index in [-0.39, 0.29) is 11.0 Å². The fourth-order valence-electron chi connectivity index (χ4n) is 2.59. The Morgan fingerprint density at radius 3 is 2.42 bits per heavy atom. The van der Waals surface area contributed by atoms with E-state index in [0.29, 0.717) is 51.4 Å². The first-order chi connectivity index (χ1) is 14.7. The minimum Gasteiger partial charge on any atom is -0.493 e. The predicted molar refractivity (Wildman–Crippen MR) is 131 cm³/mol. The van der Waals surface area contributed by atoms with Crippen LogP contribution in [0, 0.1) is 5.92 Å². The van der Waals surface area contributed by atoms with Gasteiger partial charge in [0.15, 0.2) is 16.6 Å². The van der Waals surface area contributed by atoms with Crippen LogP contribution in [0.2, 0.25) is 5.02 Å². The number of amides is 1. The Balaban J connectivity index is 1.94. The molecular formula is C22H26BrClN2O4S. The summed E-state index contributed by atoms with van der Waals surface area (Å²) >= 11 is 15.0. The maximum atomic E-state index is 12.5. The highest BCUT2D eigenvalue weighted by Gasteiger charge is 2.13. The summed E-state index contributed by atoms with van der Waals surface area (Å²) in [6, 6.07) is 8.58. The van der Waals surface area contributed by atoms with Gasteiger partial charge in [0, 0.05) is 23.2 Å². The molecule has 0 fully saturated rings. The number of carbonyl (C=O) groups excluding carboxylic acids is 1. The van der Waals surface area contributed by atoms with E-state index in [0.717, 1.165) is 12.0 Å². The lowest BCUT2D eigenvalue weighted by Gasteiger charge is -2.14. The van der Waals surface area contributed by atoms with E-state index < -0.39 is 0 Å². The van der Waals surface area contributed by atoms with Gasteiger partial charge in [0.25, 0.3) is 5.91 Å². The second-order valence-corrected chi connectivity index (χ2v) is 8.78. The van der Waals surface area contributed by atoms with Crippen molar-refractivity contribution in [2.24, 2.45) is 5.92 Å². The highest BCUT2D eigenvalue weighted by Crippen LogP contribution is 2.33. The highest BCUT2D eigenvalue weighted by atomic mass is 79.9. The lowest BCUT2D eigenvalue weighted by Crippen LogP contribution is -2.38. The Bertz CT molecular complexity index is 940. The monoisotopic (exact) mass is 528 g/mol. The van der Waals surface area contributed by atoms with Gasteiger partial charge in [-0.2, -0.15) is 0 Å². The van der Waals surface area contributed by atoms with E-state index in [4.69, 9.17) is 38.0 Å². The number of benzene rings is 2. The van der Waals surface area contributed by atoms with E-state index in [1.165, 1.54) is 0 Å². The van der Waals surface area contributed by atoms with Crippen LogP contribution in [0.5, 0.6) is 17.2 Å². The van der Waals surface area contributed by atoms with Gasteiger partial charge in [0.2, 0.25) is 0 Å². The zero-order valence-electron chi connectivity index (χ0n) is 17.9. The molecule has 0 unspecified atom stereocenters. The molecule has 0 aromatic heterocycles. The first-order valence-electron chi connectivity index (χ1n) is 9.67. The van der Waals surface area contributed by atoms with Gasteiger partial charge in [0.05, 0.1) is 25.3 Å². The van der Waals surface area contributed by atoms with Crippen LogP contribution in [0.4, 0.5) is 0 Å². The van der Waals surface area contributed by atoms with Gasteiger partial charge in [-0.1, -0.05) is 25.4 Å². The second-order valence-electron chi connectivity index (χ2n) is 7.11. The maximum absolute atomic E-state index is 12.5. The molecule has 1 amide bonds. The molecule has 0 saturated carbocycles. The first-order valence-corrected chi connectivity index (χ1v) is 11.2. The van der Waals surface area contributed by atoms with E-state index >= 15 is 0 Å². The number of thiocarbonyl (C=S) groups is 1. The maximum Gasteiger partial charge on any atom is 0.257 e. The standard InChI is InChI=1S/C22H26BrClN2O4S/c1-13(2)7-8-30-18-6-5-14(9-16(18)23)21(27)26-22(31)25-12-15-10-19(28-3)20(29-4)11-17(15)24/h5-6,9-11,13H,7-8,12H2,1-4H3,(H2,25,26,27,31). The summed E-state index contributed by atoms with van der Waals surface area (Å²) in [5.41, 5.74) is 1.21. The SMILES string of the molecule is COc1cc(Cl)c(CNC(=S)NC(=O)c2ccc(OCCC(C)C)c(Br)c2)cc1OC. The van der Waals surface area contributed by atoms with Crippen LogP contribution >= 0.6 is 39.7 Å². The molecule has 0 radical (unpaired) electrons. The predicted octanol–water partition coefficient (Wildman–Crippen LogP) is 5.35. The first kappa shape index (κ1) is 25.2. The van der Waals surface area contributed by atoms with Gasteiger partial charge >= 0.3 is 0 Å². The Labute approximate surface area is 201 Å². The normalized spacial score (nSPS) is 10.5. The fraction of sp³-hybridized carbons (Fsp3) is 0.364. The zero-order valence-corrected chi connectivity index (χ0v) is 21.0. The van der Waals surface area contributed by atoms with E-state index in [2.05, 4.69) is 40.4 Å². The molecule has 31 heavy (non-hydrogen) atoms. The third-order valence-corrected chi connectivity index (χ3v) is 5.58. The summed E-state index contributed by atoms with van der Waals surface area (Å²) in [6.45, 7) is 5.21. The number of methoxy groups -OCH3 is 2. The van der Waals surface area contributed by atoms with E-state index in [1.54, 1.807) is 44.6 Å². The highest BCUT2D eigenvalue weighted by molar-refractivity contribution is 9.10. The summed E-state index contributed by atoms with van der Waals surface area (Å²) in [6.07, 6.45) is 0.957. The molecular weight excluding hydrogens is 504 g/mol. The minimum absolute atomic E-state index is 0.184. The molecule has 0 spiro atoms. The van der Waals surface area contributed by atoms with Gasteiger partial charge in [-0.3, -0.25) is 10.1 Å². The molecule has 2 aromatic rings. The second kappa shape index (κ2) is 12.1. The smallest absolute Gasteiger partial charge is 0.257 e. The average Bonchev–Trinajstić information content (AvgIpc) is 2.73. The molecule has 6 nitrogen and oxygen atoms in total. The lowest BCUT2D eigenvalue weighted by atomic mass is 10.1. The molecule has 0 bridgehead atoms. The molecule has 2 aromatic carbocycles. The molecule has 2 N–H and O–H groups in total. The molecule has 2 rings (SSSR count). The molecule has 0 aliphatic rings. The van der Waals surface area contributed by atoms with Crippen molar-refractivity contribution in [3.63, 3.8) is 0 Å². The number of rotatable bonds is 9. The van der Waals surface area contributed by atoms with Gasteiger partial charge in [-0.15, -0.1) is 0 Å². The Morgan fingerprint density at radius 2 is 1.81 bits per heavy atom. The molecule has 0 aliphatic heterocycles. The summed E-state index contributed by atoms with van der Waals surface area (Å²) in [5.74, 6) is 2.02. The summed E-state index contributed by atoms with van der Waals surface area (Å²) < 4.78 is 17.0. The van der Waals surface area contributed by atoms with Gasteiger partial charge in [-0.25, -0.2) is 0 Å². The lowest BCUT2D eigenvalue weighted by molar-refractivity contribution is 0.0976. The van der Waals surface area contributed by atoms with Crippen molar-refractivity contribution in [2.45, 2.75) is 26.8 Å². The molecule has 0 aliphatic carbocycles. The molecule has 0 saturated heterocycles. The summed E-state index contributed by atoms with van der Waals surface area (Å²) in [4.78, 5) is 12.5.